The lowest BCUT2D eigenvalue weighted by atomic mass is 10.2. The van der Waals surface area contributed by atoms with Gasteiger partial charge < -0.3 is 51.1 Å². The molecule has 2 amide bonds. The quantitative estimate of drug-likeness (QED) is 0.0305. The number of ether oxygens (including phenoxy) is 2. The van der Waals surface area contributed by atoms with Crippen LogP contribution in [0.3, 0.4) is 0 Å². The van der Waals surface area contributed by atoms with Crippen LogP contribution in [0.15, 0.2) is 12.7 Å². The molecule has 0 atom stereocenters. The molecule has 0 heterocycles. The van der Waals surface area contributed by atoms with Gasteiger partial charge in [0.1, 0.15) is 11.2 Å². The first-order chi connectivity index (χ1) is 29.6. The lowest BCUT2D eigenvalue weighted by Gasteiger charge is -2.29. The van der Waals surface area contributed by atoms with Gasteiger partial charge in [-0.1, -0.05) is 47.1 Å². The molecule has 0 bridgehead atoms. The molecule has 17 nitrogen and oxygen atoms in total. The van der Waals surface area contributed by atoms with E-state index >= 15 is 0 Å². The van der Waals surface area contributed by atoms with Gasteiger partial charge in [0.05, 0.1) is 30.8 Å². The summed E-state index contributed by atoms with van der Waals surface area (Å²) >= 11 is 0. The van der Waals surface area contributed by atoms with E-state index in [2.05, 4.69) is 59.9 Å². The van der Waals surface area contributed by atoms with Crippen molar-refractivity contribution in [1.82, 2.24) is 30.2 Å². The fourth-order valence-electron chi connectivity index (χ4n) is 5.73. The molecule has 0 fully saturated rings. The molecule has 64 heavy (non-hydrogen) atoms. The van der Waals surface area contributed by atoms with E-state index in [1.807, 2.05) is 41.5 Å². The van der Waals surface area contributed by atoms with Crippen molar-refractivity contribution in [3.05, 3.63) is 24.1 Å². The first-order valence-electron chi connectivity index (χ1n) is 22.2. The zero-order chi connectivity index (χ0) is 47.3. The highest BCUT2D eigenvalue weighted by Crippen LogP contribution is 2.09. The molecule has 0 unspecified atom stereocenters. The minimum atomic E-state index is -0.494. The highest BCUT2D eigenvalue weighted by atomic mass is 16.6. The Morgan fingerprint density at radius 3 is 1.19 bits per heavy atom. The number of rotatable bonds is 32. The number of hydrogen-bond acceptors (Lipinski definition) is 14. The summed E-state index contributed by atoms with van der Waals surface area (Å²) in [5.41, 5.74) is 10.2. The molecule has 0 aliphatic rings. The summed E-state index contributed by atoms with van der Waals surface area (Å²) in [6, 6.07) is 8.26. The van der Waals surface area contributed by atoms with E-state index in [4.69, 9.17) is 48.6 Å². The molecule has 368 valence electrons. The van der Waals surface area contributed by atoms with Crippen LogP contribution < -0.4 is 22.1 Å². The van der Waals surface area contributed by atoms with Crippen molar-refractivity contribution >= 4 is 12.2 Å². The second kappa shape index (κ2) is 48.0. The summed E-state index contributed by atoms with van der Waals surface area (Å²) in [7, 11) is 0. The topological polar surface area (TPSA) is 241 Å². The molecule has 0 aromatic carbocycles. The third kappa shape index (κ3) is 53.6. The van der Waals surface area contributed by atoms with Gasteiger partial charge in [-0.05, 0) is 80.3 Å². The molecule has 6 N–H and O–H groups in total. The molecular formula is C47H91N13O4. The monoisotopic (exact) mass is 902 g/mol. The number of unbranched alkanes of at least 4 members (excludes halogenated alkanes) is 6. The third-order valence-electron chi connectivity index (χ3n) is 8.73. The molecule has 0 spiro atoms. The maximum Gasteiger partial charge on any atom is 0.407 e. The Morgan fingerprint density at radius 1 is 0.578 bits per heavy atom. The summed E-state index contributed by atoms with van der Waals surface area (Å²) in [5, 5.41) is 40.0. The van der Waals surface area contributed by atoms with Crippen LogP contribution >= 0.6 is 0 Å². The zero-order valence-electron chi connectivity index (χ0n) is 39.4. The Kier molecular flexibility index (Phi) is 51.4. The van der Waals surface area contributed by atoms with Gasteiger partial charge in [0.15, 0.2) is 0 Å². The molecule has 0 radical (unpaired) electrons. The van der Waals surface area contributed by atoms with Crippen molar-refractivity contribution in [1.29, 1.82) is 21.0 Å². The largest absolute Gasteiger partial charge is 0.444 e. The van der Waals surface area contributed by atoms with Crippen LogP contribution in [-0.4, -0.2) is 154 Å². The highest BCUT2D eigenvalue weighted by Gasteiger charge is 2.17. The first-order valence-corrected chi connectivity index (χ1v) is 22.2. The van der Waals surface area contributed by atoms with Gasteiger partial charge in [-0.25, -0.2) is 16.2 Å². The van der Waals surface area contributed by atoms with E-state index in [1.54, 1.807) is 6.07 Å². The van der Waals surface area contributed by atoms with Crippen molar-refractivity contribution in [2.24, 2.45) is 11.5 Å². The molecule has 0 saturated heterocycles. The molecule has 0 aromatic heterocycles. The van der Waals surface area contributed by atoms with Gasteiger partial charge in [-0.2, -0.15) is 21.0 Å². The summed E-state index contributed by atoms with van der Waals surface area (Å²) in [6.07, 6.45) is 10.2. The maximum atomic E-state index is 11.7. The van der Waals surface area contributed by atoms with E-state index in [9.17, 15) is 9.59 Å². The predicted octanol–water partition coefficient (Wildman–Crippen LogP) is 6.90. The fraction of sp³-hybridized carbons (Fsp3) is 0.809. The van der Waals surface area contributed by atoms with Crippen LogP contribution in [0.4, 0.5) is 9.59 Å². The number of nitrogens with zero attached hydrogens (tertiary/aromatic N) is 9. The number of carbonyl (C=O) groups is 2. The Hall–Kier alpha value is -4.51. The van der Waals surface area contributed by atoms with Gasteiger partial charge in [0.2, 0.25) is 6.54 Å². The van der Waals surface area contributed by atoms with E-state index in [0.29, 0.717) is 78.2 Å². The number of nitrogens with one attached hydrogen (secondary N) is 2. The third-order valence-corrected chi connectivity index (χ3v) is 8.73. The summed E-state index contributed by atoms with van der Waals surface area (Å²) in [6.45, 7) is 34.1. The van der Waals surface area contributed by atoms with Crippen molar-refractivity contribution in [3.8, 4) is 24.3 Å². The van der Waals surface area contributed by atoms with E-state index in [1.165, 1.54) is 6.08 Å². The standard InChI is InChI=1S/C27H46N8O2.C15H34N4O2.C3H3N.2CH4/c1-27(2,3)37-26(36)32-15-7-5-6-8-17-35(24-22-33(18-9-12-28)19-10-13-29)25-23-34(20-11-14-30)21-16-31-4;1-15(2,3)21-14(20)18-10-6-4-5-7-11-19(12-8-16)13-9-17;1-2-3-4;;/h5-11,15-25H2,1-3H3,(H,32,36);4-13,16-17H2,1-3H3,(H,18,20);2H,1H2;2*1H4. The minimum Gasteiger partial charge on any atom is -0.444 e. The maximum absolute atomic E-state index is 11.7. The van der Waals surface area contributed by atoms with Crippen LogP contribution in [0.1, 0.15) is 127 Å². The summed E-state index contributed by atoms with van der Waals surface area (Å²) < 4.78 is 10.4. The molecule has 0 rings (SSSR count). The summed E-state index contributed by atoms with van der Waals surface area (Å²) in [5.74, 6) is 0. The highest BCUT2D eigenvalue weighted by molar-refractivity contribution is 5.67. The lowest BCUT2D eigenvalue weighted by molar-refractivity contribution is 0.0515. The molecule has 0 aliphatic carbocycles. The zero-order valence-corrected chi connectivity index (χ0v) is 39.4. The van der Waals surface area contributed by atoms with Gasteiger partial charge >= 0.3 is 12.2 Å². The molecule has 17 heteroatoms. The average Bonchev–Trinajstić information content (AvgIpc) is 3.21. The fourth-order valence-corrected chi connectivity index (χ4v) is 5.73. The van der Waals surface area contributed by atoms with Crippen LogP contribution in [0.5, 0.6) is 0 Å². The van der Waals surface area contributed by atoms with Gasteiger partial charge in [0, 0.05) is 110 Å². The predicted molar refractivity (Wildman–Crippen MR) is 261 cm³/mol. The number of amides is 2. The summed E-state index contributed by atoms with van der Waals surface area (Å²) in [4.78, 5) is 35.7. The van der Waals surface area contributed by atoms with Gasteiger partial charge in [-0.15, -0.1) is 0 Å². The van der Waals surface area contributed by atoms with Crippen molar-refractivity contribution in [2.45, 2.75) is 138 Å². The number of hydrogen-bond donors (Lipinski definition) is 4. The number of nitrogens with two attached hydrogens (primary N) is 2. The van der Waals surface area contributed by atoms with Crippen molar-refractivity contribution < 1.29 is 19.1 Å². The van der Waals surface area contributed by atoms with Crippen molar-refractivity contribution in [3.63, 3.8) is 0 Å². The number of allylic oxidation sites excluding steroid dienone is 1. The van der Waals surface area contributed by atoms with Gasteiger partial charge in [-0.3, -0.25) is 4.90 Å². The van der Waals surface area contributed by atoms with E-state index in [0.717, 1.165) is 104 Å². The lowest BCUT2D eigenvalue weighted by Crippen LogP contribution is -2.41. The normalized spacial score (nSPS) is 10.5. The Labute approximate surface area is 390 Å². The van der Waals surface area contributed by atoms with Crippen LogP contribution in [0.2, 0.25) is 0 Å². The smallest absolute Gasteiger partial charge is 0.407 e. The minimum absolute atomic E-state index is 0. The van der Waals surface area contributed by atoms with Crippen LogP contribution in [0, 0.1) is 51.9 Å². The number of nitriles is 4. The molecule has 0 aliphatic heterocycles. The van der Waals surface area contributed by atoms with Crippen molar-refractivity contribution in [2.75, 3.05) is 111 Å². The molecule has 0 aromatic rings. The van der Waals surface area contributed by atoms with Crippen LogP contribution in [-0.2, 0) is 9.47 Å². The molecular weight excluding hydrogens is 811 g/mol. The number of alkyl carbamates (subject to hydrolysis) is 2. The molecule has 0 saturated carbocycles. The Balaban J connectivity index is -0.000000364. The van der Waals surface area contributed by atoms with E-state index < -0.39 is 11.2 Å². The SMILES string of the molecule is C.C.C=CC#N.CC(C)(C)OC(=O)NCCCCCCN(CCN)CCN.[C-]#[N+]CCN(CCC#N)CCN(CCCCCCNC(=O)OC(C)(C)C)CCN(CCC#N)CCC#N. The van der Waals surface area contributed by atoms with Gasteiger partial charge in [0.25, 0.3) is 0 Å². The Morgan fingerprint density at radius 2 is 0.891 bits per heavy atom. The second-order valence-electron chi connectivity index (χ2n) is 16.6. The average molecular weight is 902 g/mol. The number of carbonyl (C=O) groups excluding carboxylic acids is 2. The van der Waals surface area contributed by atoms with Crippen LogP contribution in [0.25, 0.3) is 4.85 Å². The van der Waals surface area contributed by atoms with E-state index in [-0.39, 0.29) is 27.0 Å². The second-order valence-corrected chi connectivity index (χ2v) is 16.6. The Bertz CT molecular complexity index is 1250. The first kappa shape index (κ1) is 68.5.